The summed E-state index contributed by atoms with van der Waals surface area (Å²) in [4.78, 5) is 14.0. The number of aryl methyl sites for hydroxylation is 1. The molecule has 0 spiro atoms. The third-order valence-corrected chi connectivity index (χ3v) is 9.50. The lowest BCUT2D eigenvalue weighted by Crippen LogP contribution is -2.22. The fourth-order valence-electron chi connectivity index (χ4n) is 6.08. The Kier molecular flexibility index (Phi) is 10.9. The van der Waals surface area contributed by atoms with E-state index in [2.05, 4.69) is 68.4 Å². The summed E-state index contributed by atoms with van der Waals surface area (Å²) in [6.07, 6.45) is 0. The zero-order chi connectivity index (χ0) is 37.8. The van der Waals surface area contributed by atoms with Crippen LogP contribution in [0.1, 0.15) is 164 Å². The Morgan fingerprint density at radius 1 is 0.592 bits per heavy atom. The van der Waals surface area contributed by atoms with Crippen molar-refractivity contribution in [3.8, 4) is 17.2 Å². The van der Waals surface area contributed by atoms with Crippen molar-refractivity contribution in [1.82, 2.24) is 0 Å². The van der Waals surface area contributed by atoms with Crippen LogP contribution in [-0.2, 0) is 38.4 Å². The quantitative estimate of drug-likeness (QED) is 0.158. The minimum Gasteiger partial charge on any atom is -0.507 e. The van der Waals surface area contributed by atoms with Crippen LogP contribution in [0.5, 0.6) is 17.2 Å². The molecule has 0 amide bonds. The summed E-state index contributed by atoms with van der Waals surface area (Å²) in [5.74, 6) is 0.529. The Morgan fingerprint density at radius 3 is 1.29 bits per heavy atom. The van der Waals surface area contributed by atoms with Gasteiger partial charge >= 0.3 is 5.97 Å². The molecule has 0 aliphatic heterocycles. The first kappa shape index (κ1) is 40.1. The molecular formula is C43H60O5S. The van der Waals surface area contributed by atoms with E-state index in [1.165, 1.54) is 0 Å². The van der Waals surface area contributed by atoms with Crippen molar-refractivity contribution in [3.63, 3.8) is 0 Å². The second-order valence-electron chi connectivity index (χ2n) is 18.7. The van der Waals surface area contributed by atoms with Crippen LogP contribution in [0.15, 0.2) is 30.3 Å². The topological polar surface area (TPSA) is 76.0 Å². The first-order valence-corrected chi connectivity index (χ1v) is 17.7. The van der Waals surface area contributed by atoms with Gasteiger partial charge in [-0.1, -0.05) is 110 Å². The molecule has 0 fully saturated rings. The number of benzene rings is 3. The lowest BCUT2D eigenvalue weighted by Gasteiger charge is -2.29. The zero-order valence-electron chi connectivity index (χ0n) is 33.1. The molecule has 0 unspecified atom stereocenters. The Balaban J connectivity index is 2.11. The van der Waals surface area contributed by atoms with E-state index in [0.717, 1.165) is 38.9 Å². The predicted molar refractivity (Wildman–Crippen MR) is 207 cm³/mol. The lowest BCUT2D eigenvalue weighted by atomic mass is 9.78. The van der Waals surface area contributed by atoms with Gasteiger partial charge in [0.2, 0.25) is 0 Å². The molecule has 0 radical (unpaired) electrons. The van der Waals surface area contributed by atoms with Gasteiger partial charge in [-0.2, -0.15) is 0 Å². The summed E-state index contributed by atoms with van der Waals surface area (Å²) < 4.78 is 12.7. The third-order valence-electron chi connectivity index (χ3n) is 9.15. The molecule has 3 aromatic carbocycles. The van der Waals surface area contributed by atoms with Crippen LogP contribution in [-0.4, -0.2) is 21.2 Å². The second kappa shape index (κ2) is 13.4. The molecule has 0 aliphatic rings. The van der Waals surface area contributed by atoms with Crippen molar-refractivity contribution in [2.75, 3.05) is 0 Å². The summed E-state index contributed by atoms with van der Waals surface area (Å²) in [6, 6.07) is 9.44. The number of rotatable bonds is 5. The number of hydrogen-bond donors (Lipinski definition) is 2. The number of phenolic OH excluding ortho intramolecular Hbond substituents is 2. The van der Waals surface area contributed by atoms with Gasteiger partial charge in [-0.3, -0.25) is 0 Å². The molecule has 0 atom stereocenters. The summed E-state index contributed by atoms with van der Waals surface area (Å²) in [6.45, 7) is 35.0. The zero-order valence-corrected chi connectivity index (χ0v) is 33.9. The molecule has 3 aromatic rings. The largest absolute Gasteiger partial charge is 0.507 e. The van der Waals surface area contributed by atoms with Gasteiger partial charge in [0.25, 0.3) is 0 Å². The van der Waals surface area contributed by atoms with Crippen LogP contribution < -0.4 is 4.74 Å². The van der Waals surface area contributed by atoms with Gasteiger partial charge in [-0.15, -0.1) is 0 Å². The van der Waals surface area contributed by atoms with E-state index in [1.807, 2.05) is 67.5 Å². The van der Waals surface area contributed by atoms with Gasteiger partial charge < -0.3 is 19.7 Å². The number of phenols is 2. The summed E-state index contributed by atoms with van der Waals surface area (Å²) >= 11 is 5.85. The molecule has 0 saturated carbocycles. The highest BCUT2D eigenvalue weighted by atomic mass is 32.1. The molecule has 5 nitrogen and oxygen atoms in total. The highest BCUT2D eigenvalue weighted by molar-refractivity contribution is 7.80. The number of thiocarbonyl (C=S) groups is 1. The van der Waals surface area contributed by atoms with E-state index in [9.17, 15) is 15.0 Å². The summed E-state index contributed by atoms with van der Waals surface area (Å²) in [5.41, 5.74) is 6.08. The van der Waals surface area contributed by atoms with Crippen LogP contribution in [0.4, 0.5) is 0 Å². The second-order valence-corrected chi connectivity index (χ2v) is 19.1. The standard InChI is InChI=1S/C43H60O5S/c1-24-18-33(43(15,16)17)36(48-37(46)26-19-29(39(3,4)5)34(44)30(20-26)40(6,7)8)25(2)28(24)23-47-38(49)27-21-31(41(9,10)11)35(45)32(22-27)42(12,13)14/h18-22,44-45H,23H2,1-17H3. The van der Waals surface area contributed by atoms with E-state index in [0.29, 0.717) is 33.2 Å². The lowest BCUT2D eigenvalue weighted by molar-refractivity contribution is 0.0729. The Hall–Kier alpha value is -3.38. The molecule has 0 heterocycles. The first-order valence-electron chi connectivity index (χ1n) is 17.2. The smallest absolute Gasteiger partial charge is 0.343 e. The SMILES string of the molecule is Cc1cc(C(C)(C)C)c(OC(=O)c2cc(C(C)(C)C)c(O)c(C(C)(C)C)c2)c(C)c1COC(=S)c1cc(C(C)(C)C)c(O)c(C(C)(C)C)c1. The van der Waals surface area contributed by atoms with E-state index in [4.69, 9.17) is 21.7 Å². The molecule has 0 aromatic heterocycles. The van der Waals surface area contributed by atoms with Crippen molar-refractivity contribution in [3.05, 3.63) is 86.0 Å². The normalized spacial score (nSPS) is 13.0. The maximum Gasteiger partial charge on any atom is 0.343 e. The third kappa shape index (κ3) is 8.86. The first-order chi connectivity index (χ1) is 22.0. The van der Waals surface area contributed by atoms with Gasteiger partial charge in [0, 0.05) is 33.4 Å². The van der Waals surface area contributed by atoms with Crippen molar-refractivity contribution >= 4 is 23.2 Å². The highest BCUT2D eigenvalue weighted by Crippen LogP contribution is 2.43. The predicted octanol–water partition coefficient (Wildman–Crippen LogP) is 11.3. The van der Waals surface area contributed by atoms with Crippen LogP contribution in [0, 0.1) is 13.8 Å². The molecule has 3 rings (SSSR count). The maximum atomic E-state index is 14.0. The van der Waals surface area contributed by atoms with Gasteiger partial charge in [0.1, 0.15) is 23.9 Å². The molecule has 0 saturated heterocycles. The number of hydrogen-bond acceptors (Lipinski definition) is 6. The fourth-order valence-corrected chi connectivity index (χ4v) is 6.26. The molecule has 6 heteroatoms. The molecule has 268 valence electrons. The van der Waals surface area contributed by atoms with Gasteiger partial charge in [0.05, 0.1) is 5.56 Å². The molecular weight excluding hydrogens is 629 g/mol. The summed E-state index contributed by atoms with van der Waals surface area (Å²) in [5, 5.41) is 22.8. The number of ether oxygens (including phenoxy) is 2. The van der Waals surface area contributed by atoms with Gasteiger partial charge in [-0.25, -0.2) is 4.79 Å². The molecule has 2 N–H and O–H groups in total. The number of carbonyl (C=O) groups excluding carboxylic acids is 1. The maximum absolute atomic E-state index is 14.0. The van der Waals surface area contributed by atoms with Crippen molar-refractivity contribution < 1.29 is 24.5 Å². The Bertz CT molecular complexity index is 1690. The van der Waals surface area contributed by atoms with Crippen molar-refractivity contribution in [2.45, 2.75) is 151 Å². The van der Waals surface area contributed by atoms with Crippen LogP contribution in [0.3, 0.4) is 0 Å². The van der Waals surface area contributed by atoms with E-state index in [-0.39, 0.29) is 28.6 Å². The molecule has 0 aliphatic carbocycles. The average molecular weight is 689 g/mol. The number of esters is 1. The van der Waals surface area contributed by atoms with E-state index in [1.54, 1.807) is 12.1 Å². The number of aromatic hydroxyl groups is 2. The highest BCUT2D eigenvalue weighted by Gasteiger charge is 2.31. The van der Waals surface area contributed by atoms with Gasteiger partial charge in [-0.05, 0) is 94.1 Å². The van der Waals surface area contributed by atoms with E-state index < -0.39 is 16.8 Å². The Morgan fingerprint density at radius 2 is 0.939 bits per heavy atom. The summed E-state index contributed by atoms with van der Waals surface area (Å²) in [7, 11) is 0. The Labute approximate surface area is 301 Å². The minimum atomic E-state index is -0.482. The average Bonchev–Trinajstić information content (AvgIpc) is 2.91. The fraction of sp³-hybridized carbons (Fsp3) is 0.535. The van der Waals surface area contributed by atoms with E-state index >= 15 is 0 Å². The van der Waals surface area contributed by atoms with Crippen LogP contribution in [0.25, 0.3) is 0 Å². The molecule has 0 bridgehead atoms. The van der Waals surface area contributed by atoms with Crippen LogP contribution in [0.2, 0.25) is 0 Å². The van der Waals surface area contributed by atoms with Crippen molar-refractivity contribution in [2.24, 2.45) is 0 Å². The number of carbonyl (C=O) groups is 1. The molecule has 49 heavy (non-hydrogen) atoms. The van der Waals surface area contributed by atoms with Gasteiger partial charge in [0.15, 0.2) is 5.05 Å². The monoisotopic (exact) mass is 688 g/mol. The minimum absolute atomic E-state index is 0.184. The van der Waals surface area contributed by atoms with Crippen molar-refractivity contribution in [1.29, 1.82) is 0 Å². The van der Waals surface area contributed by atoms with Crippen LogP contribution >= 0.6 is 12.2 Å².